The van der Waals surface area contributed by atoms with Gasteiger partial charge in [0.1, 0.15) is 23.9 Å². The minimum Gasteiger partial charge on any atom is -0.508 e. The van der Waals surface area contributed by atoms with Gasteiger partial charge in [0.05, 0.1) is 46.7 Å². The van der Waals surface area contributed by atoms with E-state index in [4.69, 9.17) is 32.7 Å². The number of methoxy groups -OCH3 is 1. The third-order valence-electron chi connectivity index (χ3n) is 13.6. The Bertz CT molecular complexity index is 2960. The number of ether oxygens (including phenoxy) is 2. The number of hydrazine groups is 1. The van der Waals surface area contributed by atoms with Gasteiger partial charge in [0.15, 0.2) is 5.78 Å². The molecule has 6 atom stereocenters. The summed E-state index contributed by atoms with van der Waals surface area (Å²) in [6.45, 7) is 0.233. The van der Waals surface area contributed by atoms with Gasteiger partial charge in [-0.05, 0) is 90.6 Å². The second-order valence-corrected chi connectivity index (χ2v) is 17.8. The SMILES string of the molecule is COc1ccc([C@@]23C(=O)N(Nc4ccc(Cl)cc4Cl)C(=O)[C@@H]2C[C@@H]2C(=CC[C@@H]4C(=O)N(c5ccc(C(=O)c6ccccc6)cc5)C(=O)[C@@H]42)[C@@H]3c2ccc(OCc3ccccc3)cc2O)cc1. The lowest BCUT2D eigenvalue weighted by atomic mass is 9.49. The predicted molar refractivity (Wildman–Crippen MR) is 248 cm³/mol. The smallest absolute Gasteiger partial charge is 0.260 e. The Morgan fingerprint density at radius 1 is 0.758 bits per heavy atom. The molecule has 6 aromatic rings. The van der Waals surface area contributed by atoms with Crippen LogP contribution in [0.5, 0.6) is 17.2 Å². The summed E-state index contributed by atoms with van der Waals surface area (Å²) in [6, 6.07) is 41.3. The molecule has 4 amide bonds. The minimum atomic E-state index is -1.69. The summed E-state index contributed by atoms with van der Waals surface area (Å²) in [6.07, 6.45) is 2.09. The molecule has 2 aliphatic heterocycles. The van der Waals surface area contributed by atoms with Gasteiger partial charge in [0.25, 0.3) is 11.8 Å². The lowest BCUT2D eigenvalue weighted by Crippen LogP contribution is -2.53. The van der Waals surface area contributed by atoms with Crippen molar-refractivity contribution in [3.8, 4) is 17.2 Å². The highest BCUT2D eigenvalue weighted by Crippen LogP contribution is 2.65. The molecule has 10 rings (SSSR count). The number of halogens is 2. The maximum Gasteiger partial charge on any atom is 0.260 e. The van der Waals surface area contributed by atoms with E-state index < -0.39 is 58.6 Å². The van der Waals surface area contributed by atoms with Gasteiger partial charge >= 0.3 is 0 Å². The molecule has 3 fully saturated rings. The van der Waals surface area contributed by atoms with Crippen LogP contribution < -0.4 is 19.8 Å². The number of hydrogen-bond acceptors (Lipinski definition) is 9. The fourth-order valence-corrected chi connectivity index (χ4v) is 11.0. The van der Waals surface area contributed by atoms with Crippen molar-refractivity contribution in [2.24, 2.45) is 23.7 Å². The quantitative estimate of drug-likeness (QED) is 0.0738. The number of rotatable bonds is 11. The van der Waals surface area contributed by atoms with E-state index in [1.807, 2.05) is 42.5 Å². The first kappa shape index (κ1) is 42.7. The van der Waals surface area contributed by atoms with Crippen LogP contribution in [-0.4, -0.2) is 46.6 Å². The molecule has 0 spiro atoms. The molecule has 0 radical (unpaired) electrons. The highest BCUT2D eigenvalue weighted by atomic mass is 35.5. The summed E-state index contributed by atoms with van der Waals surface area (Å²) in [5, 5.41) is 13.7. The van der Waals surface area contributed by atoms with Crippen molar-refractivity contribution >= 4 is 64.0 Å². The molecule has 11 nitrogen and oxygen atoms in total. The van der Waals surface area contributed by atoms with Crippen LogP contribution in [0.4, 0.5) is 11.4 Å². The van der Waals surface area contributed by atoms with Gasteiger partial charge in [0.2, 0.25) is 11.8 Å². The zero-order valence-electron chi connectivity index (χ0n) is 35.4. The van der Waals surface area contributed by atoms with Crippen molar-refractivity contribution in [1.82, 2.24) is 5.01 Å². The zero-order chi connectivity index (χ0) is 45.9. The summed E-state index contributed by atoms with van der Waals surface area (Å²) in [4.78, 5) is 74.8. The molecule has 13 heteroatoms. The number of fused-ring (bicyclic) bond motifs is 4. The minimum absolute atomic E-state index is 0.0169. The van der Waals surface area contributed by atoms with Crippen LogP contribution in [0.25, 0.3) is 0 Å². The van der Waals surface area contributed by atoms with Gasteiger partial charge in [0, 0.05) is 33.7 Å². The maximum atomic E-state index is 15.7. The van der Waals surface area contributed by atoms with Crippen LogP contribution in [0.15, 0.2) is 157 Å². The molecule has 2 heterocycles. The first-order valence-electron chi connectivity index (χ1n) is 21.5. The van der Waals surface area contributed by atoms with E-state index >= 15 is 9.59 Å². The van der Waals surface area contributed by atoms with Crippen LogP contribution in [0, 0.1) is 23.7 Å². The van der Waals surface area contributed by atoms with Gasteiger partial charge in [-0.1, -0.05) is 114 Å². The second kappa shape index (κ2) is 17.0. The number of phenols is 1. The van der Waals surface area contributed by atoms with Crippen LogP contribution >= 0.6 is 23.2 Å². The van der Waals surface area contributed by atoms with Gasteiger partial charge < -0.3 is 14.6 Å². The first-order chi connectivity index (χ1) is 32.0. The average Bonchev–Trinajstić information content (AvgIpc) is 3.72. The number of carbonyl (C=O) groups excluding carboxylic acids is 5. The van der Waals surface area contributed by atoms with Crippen molar-refractivity contribution in [3.05, 3.63) is 195 Å². The summed E-state index contributed by atoms with van der Waals surface area (Å²) in [7, 11) is 1.53. The van der Waals surface area contributed by atoms with Crippen molar-refractivity contribution in [2.75, 3.05) is 17.4 Å². The Labute approximate surface area is 390 Å². The standard InChI is InChI=1S/C53H41Cl2N3O8/c1-65-36-19-14-33(15-20-36)53-42(50(62)58(52(53)64)56-44-25-16-34(54)26-43(44)55)28-41-38(47(53)39-22-21-37(27-45(39)59)66-29-30-8-4-2-5-9-30)23-24-40-46(41)51(63)57(49(40)61)35-17-12-32(13-18-35)48(60)31-10-6-3-7-11-31/h2-23,25-27,40-42,46-47,56,59H,24,28-29H2,1H3/t40-,41+,42-,46-,47+,53+/m0/s1. The normalized spacial score (nSPS) is 23.2. The lowest BCUT2D eigenvalue weighted by molar-refractivity contribution is -0.138. The largest absolute Gasteiger partial charge is 0.508 e. The number of allylic oxidation sites excluding steroid dienone is 2. The van der Waals surface area contributed by atoms with Gasteiger partial charge in [-0.2, -0.15) is 5.01 Å². The third-order valence-corrected chi connectivity index (χ3v) is 14.1. The molecule has 2 aliphatic carbocycles. The third kappa shape index (κ3) is 7.01. The van der Waals surface area contributed by atoms with Crippen LogP contribution in [0.3, 0.4) is 0 Å². The lowest BCUT2D eigenvalue weighted by Gasteiger charge is -2.50. The van der Waals surface area contributed by atoms with E-state index in [-0.39, 0.29) is 41.7 Å². The number of phenolic OH excluding ortho intramolecular Hbond substituents is 1. The van der Waals surface area contributed by atoms with E-state index in [9.17, 15) is 19.5 Å². The monoisotopic (exact) mass is 917 g/mol. The van der Waals surface area contributed by atoms with Gasteiger partial charge in [-0.15, -0.1) is 0 Å². The molecular weight excluding hydrogens is 878 g/mol. The number of nitrogens with zero attached hydrogens (tertiary/aromatic N) is 2. The molecule has 6 aromatic carbocycles. The number of benzene rings is 6. The van der Waals surface area contributed by atoms with Crippen molar-refractivity contribution < 1.29 is 38.6 Å². The Hall–Kier alpha value is -7.21. The first-order valence-corrected chi connectivity index (χ1v) is 22.3. The number of amides is 4. The Morgan fingerprint density at radius 2 is 1.44 bits per heavy atom. The van der Waals surface area contributed by atoms with Crippen molar-refractivity contribution in [2.45, 2.75) is 30.8 Å². The molecule has 0 unspecified atom stereocenters. The summed E-state index contributed by atoms with van der Waals surface area (Å²) in [5.41, 5.74) is 5.16. The molecule has 0 aromatic heterocycles. The number of carbonyl (C=O) groups is 5. The molecule has 4 aliphatic rings. The summed E-state index contributed by atoms with van der Waals surface area (Å²) in [5.74, 6) is -6.07. The van der Waals surface area contributed by atoms with Crippen LogP contribution in [-0.2, 0) is 31.2 Å². The van der Waals surface area contributed by atoms with E-state index in [0.29, 0.717) is 50.0 Å². The van der Waals surface area contributed by atoms with Gasteiger partial charge in [-0.25, -0.2) is 0 Å². The highest BCUT2D eigenvalue weighted by Gasteiger charge is 2.70. The number of anilines is 2. The zero-order valence-corrected chi connectivity index (χ0v) is 36.9. The van der Waals surface area contributed by atoms with E-state index in [1.165, 1.54) is 24.1 Å². The van der Waals surface area contributed by atoms with E-state index in [2.05, 4.69) is 5.43 Å². The summed E-state index contributed by atoms with van der Waals surface area (Å²) >= 11 is 12.8. The number of imide groups is 2. The fourth-order valence-electron chi connectivity index (χ4n) is 10.6. The Balaban J connectivity index is 1.09. The highest BCUT2D eigenvalue weighted by molar-refractivity contribution is 6.36. The molecule has 2 N–H and O–H groups in total. The summed E-state index contributed by atoms with van der Waals surface area (Å²) < 4.78 is 11.6. The number of aromatic hydroxyl groups is 1. The Morgan fingerprint density at radius 3 is 2.12 bits per heavy atom. The number of nitrogens with one attached hydrogen (secondary N) is 1. The van der Waals surface area contributed by atoms with E-state index in [0.717, 1.165) is 10.6 Å². The van der Waals surface area contributed by atoms with Crippen LogP contribution in [0.1, 0.15) is 51.4 Å². The Kier molecular flexibility index (Phi) is 11.0. The fraction of sp³-hybridized carbons (Fsp3) is 0.189. The molecule has 2 saturated heterocycles. The molecule has 330 valence electrons. The second-order valence-electron chi connectivity index (χ2n) is 17.0. The van der Waals surface area contributed by atoms with Crippen LogP contribution in [0.2, 0.25) is 10.0 Å². The van der Waals surface area contributed by atoms with Crippen molar-refractivity contribution in [3.63, 3.8) is 0 Å². The average molecular weight is 919 g/mol. The number of ketones is 1. The topological polar surface area (TPSA) is 143 Å². The molecular formula is C53H41Cl2N3O8. The predicted octanol–water partition coefficient (Wildman–Crippen LogP) is 9.71. The van der Waals surface area contributed by atoms with Gasteiger partial charge in [-0.3, -0.25) is 34.3 Å². The molecule has 0 bridgehead atoms. The maximum absolute atomic E-state index is 15.7. The van der Waals surface area contributed by atoms with Crippen molar-refractivity contribution in [1.29, 1.82) is 0 Å². The van der Waals surface area contributed by atoms with E-state index in [1.54, 1.807) is 97.1 Å². The number of hydrogen-bond donors (Lipinski definition) is 2. The molecule has 1 saturated carbocycles. The molecule has 66 heavy (non-hydrogen) atoms.